The van der Waals surface area contributed by atoms with E-state index in [1.807, 2.05) is 50.0 Å². The lowest BCUT2D eigenvalue weighted by atomic mass is 10.2. The molecule has 0 bridgehead atoms. The van der Waals surface area contributed by atoms with Gasteiger partial charge in [0.05, 0.1) is 0 Å². The highest BCUT2D eigenvalue weighted by Crippen LogP contribution is 2.33. The molecule has 1 rings (SSSR count). The summed E-state index contributed by atoms with van der Waals surface area (Å²) in [6.45, 7) is 7.94. The lowest BCUT2D eigenvalue weighted by Crippen LogP contribution is -2.21. The van der Waals surface area contributed by atoms with E-state index in [9.17, 15) is 4.39 Å². The smallest absolute Gasteiger partial charge is 0.123 e. The highest BCUT2D eigenvalue weighted by atomic mass is 32.2. The van der Waals surface area contributed by atoms with Gasteiger partial charge in [0.2, 0.25) is 0 Å². The summed E-state index contributed by atoms with van der Waals surface area (Å²) < 4.78 is 13.0. The van der Waals surface area contributed by atoms with E-state index in [1.54, 1.807) is 0 Å². The van der Waals surface area contributed by atoms with Gasteiger partial charge in [-0.1, -0.05) is 31.7 Å². The molecule has 0 aliphatic rings. The Bertz CT molecular complexity index is 411. The van der Waals surface area contributed by atoms with Gasteiger partial charge in [-0.05, 0) is 36.4 Å². The van der Waals surface area contributed by atoms with E-state index in [1.165, 1.54) is 12.1 Å². The number of allylic oxidation sites excluding steroid dienone is 2. The van der Waals surface area contributed by atoms with Crippen LogP contribution in [0.2, 0.25) is 0 Å². The number of halogens is 1. The zero-order chi connectivity index (χ0) is 13.5. The van der Waals surface area contributed by atoms with Crippen LogP contribution >= 0.6 is 11.8 Å². The van der Waals surface area contributed by atoms with Crippen molar-refractivity contribution in [3.63, 3.8) is 0 Å². The highest BCUT2D eigenvalue weighted by molar-refractivity contribution is 7.99. The van der Waals surface area contributed by atoms with E-state index >= 15 is 0 Å². The Hall–Kier alpha value is -1.22. The van der Waals surface area contributed by atoms with Crippen molar-refractivity contribution in [2.24, 2.45) is 0 Å². The van der Waals surface area contributed by atoms with Crippen molar-refractivity contribution in [1.29, 1.82) is 0 Å². The molecular formula is C15H20FNS. The first kappa shape index (κ1) is 14.8. The van der Waals surface area contributed by atoms with Gasteiger partial charge in [0.1, 0.15) is 11.2 Å². The Morgan fingerprint density at radius 3 is 2.50 bits per heavy atom. The van der Waals surface area contributed by atoms with E-state index in [-0.39, 0.29) is 11.2 Å². The molecule has 0 saturated carbocycles. The van der Waals surface area contributed by atoms with E-state index in [2.05, 4.69) is 18.4 Å². The van der Waals surface area contributed by atoms with E-state index in [0.717, 1.165) is 17.0 Å². The molecule has 0 heterocycles. The van der Waals surface area contributed by atoms with E-state index in [4.69, 9.17) is 0 Å². The third-order valence-corrected chi connectivity index (χ3v) is 3.98. The number of rotatable bonds is 6. The first-order valence-corrected chi connectivity index (χ1v) is 7.07. The molecule has 1 atom stereocenters. The first-order valence-electron chi connectivity index (χ1n) is 6.02. The molecule has 0 aromatic heterocycles. The Morgan fingerprint density at radius 2 is 2.06 bits per heavy atom. The standard InChI is InChI=1S/C15H20FNS/c1-5-14(6-2)17(4)15(18-7-3)12-8-10-13(16)11-9-12/h5-6,8-11,15H,1,7H2,2-4H3/b14-6+. The van der Waals surface area contributed by atoms with Crippen LogP contribution in [0.3, 0.4) is 0 Å². The van der Waals surface area contributed by atoms with Crippen molar-refractivity contribution in [3.8, 4) is 0 Å². The Morgan fingerprint density at radius 1 is 1.44 bits per heavy atom. The predicted molar refractivity (Wildman–Crippen MR) is 79.0 cm³/mol. The Balaban J connectivity index is 3.01. The Labute approximate surface area is 113 Å². The molecule has 1 aromatic carbocycles. The van der Waals surface area contributed by atoms with Crippen molar-refractivity contribution < 1.29 is 4.39 Å². The zero-order valence-electron chi connectivity index (χ0n) is 11.2. The third-order valence-electron chi connectivity index (χ3n) is 2.74. The molecule has 3 heteroatoms. The molecular weight excluding hydrogens is 245 g/mol. The van der Waals surface area contributed by atoms with Crippen LogP contribution in [-0.4, -0.2) is 17.7 Å². The minimum Gasteiger partial charge on any atom is -0.359 e. The van der Waals surface area contributed by atoms with Crippen molar-refractivity contribution in [1.82, 2.24) is 4.90 Å². The lowest BCUT2D eigenvalue weighted by Gasteiger charge is -2.30. The summed E-state index contributed by atoms with van der Waals surface area (Å²) in [5.41, 5.74) is 2.18. The maximum atomic E-state index is 13.0. The molecule has 98 valence electrons. The zero-order valence-corrected chi connectivity index (χ0v) is 12.0. The summed E-state index contributed by atoms with van der Waals surface area (Å²) in [6.07, 6.45) is 3.87. The second-order valence-electron chi connectivity index (χ2n) is 3.89. The number of benzene rings is 1. The van der Waals surface area contributed by atoms with Crippen molar-refractivity contribution in [2.75, 3.05) is 12.8 Å². The molecule has 0 saturated heterocycles. The van der Waals surface area contributed by atoms with Gasteiger partial charge in [-0.2, -0.15) is 0 Å². The number of hydrogen-bond donors (Lipinski definition) is 0. The van der Waals surface area contributed by atoms with E-state index in [0.29, 0.717) is 0 Å². The summed E-state index contributed by atoms with van der Waals surface area (Å²) >= 11 is 1.82. The first-order chi connectivity index (χ1) is 8.63. The monoisotopic (exact) mass is 265 g/mol. The van der Waals surface area contributed by atoms with Crippen LogP contribution in [0.5, 0.6) is 0 Å². The lowest BCUT2D eigenvalue weighted by molar-refractivity contribution is 0.412. The van der Waals surface area contributed by atoms with Gasteiger partial charge in [-0.3, -0.25) is 0 Å². The van der Waals surface area contributed by atoms with Gasteiger partial charge in [0.15, 0.2) is 0 Å². The summed E-state index contributed by atoms with van der Waals surface area (Å²) in [6, 6.07) is 6.70. The van der Waals surface area contributed by atoms with Gasteiger partial charge in [0.25, 0.3) is 0 Å². The molecule has 0 aliphatic carbocycles. The second-order valence-corrected chi connectivity index (χ2v) is 5.25. The predicted octanol–water partition coefficient (Wildman–Crippen LogP) is 4.60. The molecule has 0 radical (unpaired) electrons. The van der Waals surface area contributed by atoms with Gasteiger partial charge >= 0.3 is 0 Å². The van der Waals surface area contributed by atoms with Gasteiger partial charge in [-0.25, -0.2) is 4.39 Å². The van der Waals surface area contributed by atoms with Gasteiger partial charge in [0, 0.05) is 12.7 Å². The maximum absolute atomic E-state index is 13.0. The molecule has 1 nitrogen and oxygen atoms in total. The molecule has 0 N–H and O–H groups in total. The molecule has 0 fully saturated rings. The maximum Gasteiger partial charge on any atom is 0.123 e. The van der Waals surface area contributed by atoms with Crippen LogP contribution in [0.25, 0.3) is 0 Å². The minimum absolute atomic E-state index is 0.180. The van der Waals surface area contributed by atoms with Crippen molar-refractivity contribution >= 4 is 11.8 Å². The highest BCUT2D eigenvalue weighted by Gasteiger charge is 2.17. The van der Waals surface area contributed by atoms with Crippen LogP contribution in [0.4, 0.5) is 4.39 Å². The van der Waals surface area contributed by atoms with Crippen LogP contribution in [-0.2, 0) is 0 Å². The molecule has 18 heavy (non-hydrogen) atoms. The largest absolute Gasteiger partial charge is 0.359 e. The fourth-order valence-electron chi connectivity index (χ4n) is 1.82. The molecule has 1 unspecified atom stereocenters. The summed E-state index contributed by atoms with van der Waals surface area (Å²) in [5, 5.41) is 0.180. The van der Waals surface area contributed by atoms with Crippen LogP contribution in [0.15, 0.2) is 48.7 Å². The van der Waals surface area contributed by atoms with Crippen LogP contribution in [0.1, 0.15) is 24.8 Å². The fraction of sp³-hybridized carbons (Fsp3) is 0.333. The third kappa shape index (κ3) is 3.64. The second kappa shape index (κ2) is 7.27. The molecule has 0 amide bonds. The minimum atomic E-state index is -0.198. The average molecular weight is 265 g/mol. The average Bonchev–Trinajstić information content (AvgIpc) is 2.38. The topological polar surface area (TPSA) is 3.24 Å². The SMILES string of the molecule is C=C/C(=C\C)N(C)C(SCC)c1ccc(F)cc1. The summed E-state index contributed by atoms with van der Waals surface area (Å²) in [5.74, 6) is 0.803. The summed E-state index contributed by atoms with van der Waals surface area (Å²) in [7, 11) is 2.04. The van der Waals surface area contributed by atoms with E-state index < -0.39 is 0 Å². The van der Waals surface area contributed by atoms with Gasteiger partial charge < -0.3 is 4.90 Å². The number of likely N-dealkylation sites (N-methyl/N-ethyl adjacent to an activating group) is 1. The normalized spacial score (nSPS) is 13.2. The number of thioether (sulfide) groups is 1. The van der Waals surface area contributed by atoms with Crippen molar-refractivity contribution in [3.05, 3.63) is 60.1 Å². The van der Waals surface area contributed by atoms with Crippen molar-refractivity contribution in [2.45, 2.75) is 19.2 Å². The number of nitrogens with zero attached hydrogens (tertiary/aromatic N) is 1. The quantitative estimate of drug-likeness (QED) is 0.546. The Kier molecular flexibility index (Phi) is 5.99. The number of hydrogen-bond acceptors (Lipinski definition) is 2. The van der Waals surface area contributed by atoms with Crippen LogP contribution < -0.4 is 0 Å². The van der Waals surface area contributed by atoms with Crippen LogP contribution in [0, 0.1) is 5.82 Å². The molecule has 1 aromatic rings. The summed E-state index contributed by atoms with van der Waals surface area (Å²) in [4.78, 5) is 2.16. The molecule has 0 spiro atoms. The fourth-order valence-corrected chi connectivity index (χ4v) is 2.83. The molecule has 0 aliphatic heterocycles. The van der Waals surface area contributed by atoms with Gasteiger partial charge in [-0.15, -0.1) is 11.8 Å².